The number of ketones is 1. The molecular formula is C11H18O2S. The van der Waals surface area contributed by atoms with Crippen LogP contribution < -0.4 is 0 Å². The maximum atomic E-state index is 11.4. The minimum absolute atomic E-state index is 0.294. The van der Waals surface area contributed by atoms with Crippen LogP contribution in [-0.4, -0.2) is 29.5 Å². The van der Waals surface area contributed by atoms with E-state index in [2.05, 4.69) is 6.92 Å². The van der Waals surface area contributed by atoms with E-state index in [9.17, 15) is 4.79 Å². The van der Waals surface area contributed by atoms with Gasteiger partial charge in [-0.15, -0.1) is 0 Å². The van der Waals surface area contributed by atoms with E-state index in [0.717, 1.165) is 31.3 Å². The summed E-state index contributed by atoms with van der Waals surface area (Å²) in [5.74, 6) is 0.761. The third kappa shape index (κ3) is 2.31. The van der Waals surface area contributed by atoms with Crippen LogP contribution in [0.3, 0.4) is 0 Å². The summed E-state index contributed by atoms with van der Waals surface area (Å²) in [7, 11) is 0. The molecule has 1 aliphatic heterocycles. The van der Waals surface area contributed by atoms with E-state index in [0.29, 0.717) is 17.0 Å². The van der Waals surface area contributed by atoms with Crippen molar-refractivity contribution in [3.8, 4) is 0 Å². The van der Waals surface area contributed by atoms with Crippen molar-refractivity contribution < 1.29 is 9.53 Å². The van der Waals surface area contributed by atoms with Crippen LogP contribution in [0.25, 0.3) is 0 Å². The first-order valence-electron chi connectivity index (χ1n) is 5.53. The number of ether oxygens (including phenoxy) is 1. The van der Waals surface area contributed by atoms with Gasteiger partial charge < -0.3 is 4.74 Å². The quantitative estimate of drug-likeness (QED) is 0.705. The minimum atomic E-state index is 0.294. The van der Waals surface area contributed by atoms with Gasteiger partial charge in [0.05, 0.1) is 0 Å². The molecule has 0 N–H and O–H groups in total. The zero-order valence-corrected chi connectivity index (χ0v) is 9.52. The van der Waals surface area contributed by atoms with Crippen molar-refractivity contribution in [2.45, 2.75) is 43.1 Å². The van der Waals surface area contributed by atoms with Crippen LogP contribution in [-0.2, 0) is 9.53 Å². The van der Waals surface area contributed by atoms with Crippen molar-refractivity contribution >= 4 is 17.5 Å². The SMILES string of the molecule is CC1C(=O)CCC1SC1CCOCC1. The molecular weight excluding hydrogens is 196 g/mol. The normalized spacial score (nSPS) is 35.1. The van der Waals surface area contributed by atoms with Crippen molar-refractivity contribution in [3.05, 3.63) is 0 Å². The lowest BCUT2D eigenvalue weighted by Crippen LogP contribution is -2.22. The van der Waals surface area contributed by atoms with Gasteiger partial charge in [-0.2, -0.15) is 11.8 Å². The number of hydrogen-bond acceptors (Lipinski definition) is 3. The third-order valence-electron chi connectivity index (χ3n) is 3.28. The number of hydrogen-bond donors (Lipinski definition) is 0. The highest BCUT2D eigenvalue weighted by molar-refractivity contribution is 8.00. The predicted octanol–water partition coefficient (Wildman–Crippen LogP) is 2.27. The van der Waals surface area contributed by atoms with Gasteiger partial charge in [-0.1, -0.05) is 6.92 Å². The Bertz CT molecular complexity index is 211. The standard InChI is InChI=1S/C11H18O2S/c1-8-10(12)2-3-11(8)14-9-4-6-13-7-5-9/h8-9,11H,2-7H2,1H3. The zero-order valence-electron chi connectivity index (χ0n) is 8.70. The zero-order chi connectivity index (χ0) is 9.97. The molecule has 80 valence electrons. The van der Waals surface area contributed by atoms with E-state index in [4.69, 9.17) is 4.74 Å². The summed E-state index contributed by atoms with van der Waals surface area (Å²) in [6, 6.07) is 0. The highest BCUT2D eigenvalue weighted by Gasteiger charge is 2.33. The van der Waals surface area contributed by atoms with E-state index >= 15 is 0 Å². The average molecular weight is 214 g/mol. The number of Topliss-reactive ketones (excluding diaryl/α,β-unsaturated/α-hetero) is 1. The smallest absolute Gasteiger partial charge is 0.136 e. The molecule has 0 aromatic rings. The van der Waals surface area contributed by atoms with Crippen LogP contribution >= 0.6 is 11.8 Å². The van der Waals surface area contributed by atoms with Crippen LogP contribution in [0, 0.1) is 5.92 Å². The second-order valence-electron chi connectivity index (χ2n) is 4.28. The first-order chi connectivity index (χ1) is 6.77. The maximum absolute atomic E-state index is 11.4. The van der Waals surface area contributed by atoms with Crippen molar-refractivity contribution in [2.75, 3.05) is 13.2 Å². The molecule has 2 atom stereocenters. The Hall–Kier alpha value is -0.0200. The number of carbonyl (C=O) groups is 1. The van der Waals surface area contributed by atoms with Gasteiger partial charge in [-0.3, -0.25) is 4.79 Å². The fraction of sp³-hybridized carbons (Fsp3) is 0.909. The molecule has 0 spiro atoms. The second-order valence-corrected chi connectivity index (χ2v) is 5.82. The van der Waals surface area contributed by atoms with Crippen LogP contribution in [0.4, 0.5) is 0 Å². The summed E-state index contributed by atoms with van der Waals surface area (Å²) in [6.07, 6.45) is 4.24. The monoisotopic (exact) mass is 214 g/mol. The average Bonchev–Trinajstić information content (AvgIpc) is 2.52. The van der Waals surface area contributed by atoms with Crippen LogP contribution in [0.15, 0.2) is 0 Å². The third-order valence-corrected chi connectivity index (χ3v) is 5.13. The second kappa shape index (κ2) is 4.67. The Labute approximate surface area is 89.8 Å². The van der Waals surface area contributed by atoms with Crippen LogP contribution in [0.5, 0.6) is 0 Å². The minimum Gasteiger partial charge on any atom is -0.381 e. The Morgan fingerprint density at radius 3 is 2.57 bits per heavy atom. The van der Waals surface area contributed by atoms with Crippen molar-refractivity contribution in [2.24, 2.45) is 5.92 Å². The molecule has 14 heavy (non-hydrogen) atoms. The summed E-state index contributed by atoms with van der Waals surface area (Å²) in [5, 5.41) is 1.33. The number of rotatable bonds is 2. The van der Waals surface area contributed by atoms with Crippen LogP contribution in [0.1, 0.15) is 32.6 Å². The van der Waals surface area contributed by atoms with E-state index in [1.54, 1.807) is 0 Å². The molecule has 2 unspecified atom stereocenters. The Kier molecular flexibility index (Phi) is 3.50. The molecule has 0 radical (unpaired) electrons. The van der Waals surface area contributed by atoms with Gasteiger partial charge in [0.25, 0.3) is 0 Å². The topological polar surface area (TPSA) is 26.3 Å². The molecule has 2 rings (SSSR count). The van der Waals surface area contributed by atoms with Crippen molar-refractivity contribution in [1.29, 1.82) is 0 Å². The predicted molar refractivity (Wildman–Crippen MR) is 58.6 cm³/mol. The summed E-state index contributed by atoms with van der Waals surface area (Å²) in [6.45, 7) is 3.91. The van der Waals surface area contributed by atoms with Crippen LogP contribution in [0.2, 0.25) is 0 Å². The molecule has 1 saturated heterocycles. The van der Waals surface area contributed by atoms with Gasteiger partial charge in [-0.25, -0.2) is 0 Å². The molecule has 2 nitrogen and oxygen atoms in total. The highest BCUT2D eigenvalue weighted by atomic mass is 32.2. The van der Waals surface area contributed by atoms with E-state index in [1.165, 1.54) is 12.8 Å². The summed E-state index contributed by atoms with van der Waals surface area (Å²) >= 11 is 2.04. The number of carbonyl (C=O) groups excluding carboxylic acids is 1. The maximum Gasteiger partial charge on any atom is 0.136 e. The highest BCUT2D eigenvalue weighted by Crippen LogP contribution is 2.37. The van der Waals surface area contributed by atoms with Gasteiger partial charge in [0.15, 0.2) is 0 Å². The van der Waals surface area contributed by atoms with Crippen molar-refractivity contribution in [1.82, 2.24) is 0 Å². The lowest BCUT2D eigenvalue weighted by Gasteiger charge is -2.25. The van der Waals surface area contributed by atoms with Gasteiger partial charge in [0.2, 0.25) is 0 Å². The van der Waals surface area contributed by atoms with Gasteiger partial charge in [-0.05, 0) is 19.3 Å². The van der Waals surface area contributed by atoms with Gasteiger partial charge in [0, 0.05) is 36.1 Å². The van der Waals surface area contributed by atoms with Crippen molar-refractivity contribution in [3.63, 3.8) is 0 Å². The van der Waals surface area contributed by atoms with Gasteiger partial charge in [0.1, 0.15) is 5.78 Å². The Balaban J connectivity index is 1.81. The molecule has 3 heteroatoms. The molecule has 0 aromatic heterocycles. The van der Waals surface area contributed by atoms with E-state index in [-0.39, 0.29) is 0 Å². The summed E-state index contributed by atoms with van der Waals surface area (Å²) < 4.78 is 5.33. The molecule has 0 bridgehead atoms. The molecule has 1 heterocycles. The summed E-state index contributed by atoms with van der Waals surface area (Å²) in [4.78, 5) is 11.4. The van der Waals surface area contributed by atoms with E-state index in [1.807, 2.05) is 11.8 Å². The fourth-order valence-corrected chi connectivity index (χ4v) is 3.82. The first-order valence-corrected chi connectivity index (χ1v) is 6.47. The summed E-state index contributed by atoms with van der Waals surface area (Å²) in [5.41, 5.74) is 0. The molecule has 1 aliphatic carbocycles. The lowest BCUT2D eigenvalue weighted by atomic mass is 10.1. The lowest BCUT2D eigenvalue weighted by molar-refractivity contribution is -0.120. The Morgan fingerprint density at radius 1 is 1.29 bits per heavy atom. The first kappa shape index (κ1) is 10.5. The molecule has 2 fully saturated rings. The molecule has 2 aliphatic rings. The molecule has 0 aromatic carbocycles. The molecule has 1 saturated carbocycles. The number of thioether (sulfide) groups is 1. The fourth-order valence-electron chi connectivity index (χ4n) is 2.21. The molecule has 0 amide bonds. The van der Waals surface area contributed by atoms with E-state index < -0.39 is 0 Å². The largest absolute Gasteiger partial charge is 0.381 e. The Morgan fingerprint density at radius 2 is 2.00 bits per heavy atom. The van der Waals surface area contributed by atoms with Gasteiger partial charge >= 0.3 is 0 Å².